The highest BCUT2D eigenvalue weighted by atomic mass is 28.3. The van der Waals surface area contributed by atoms with E-state index in [2.05, 4.69) is 72.8 Å². The quantitative estimate of drug-likeness (QED) is 0.424. The Kier molecular flexibility index (Phi) is 5.01. The first-order valence-corrected chi connectivity index (χ1v) is 11.3. The first kappa shape index (κ1) is 17.5. The predicted molar refractivity (Wildman–Crippen MR) is 115 cm³/mol. The third-order valence-corrected chi connectivity index (χ3v) is 10.1. The lowest BCUT2D eigenvalue weighted by Crippen LogP contribution is -2.71. The molecule has 4 aromatic rings. The van der Waals surface area contributed by atoms with E-state index < -0.39 is 13.8 Å². The Morgan fingerprint density at radius 2 is 0.741 bits per heavy atom. The van der Waals surface area contributed by atoms with Gasteiger partial charge >= 0.3 is 0 Å². The molecule has 1 nitrogen and oxygen atoms in total. The van der Waals surface area contributed by atoms with Crippen molar-refractivity contribution in [1.82, 2.24) is 0 Å². The Morgan fingerprint density at radius 3 is 1.07 bits per heavy atom. The smallest absolute Gasteiger partial charge is 0.184 e. The number of rotatable bonds is 5. The molecular formula is C25H22OSi. The minimum Gasteiger partial charge on any atom is -0.391 e. The number of benzene rings is 4. The lowest BCUT2D eigenvalue weighted by molar-refractivity contribution is 0.254. The molecule has 1 N–H and O–H groups in total. The lowest BCUT2D eigenvalue weighted by atomic mass is 10.2. The molecule has 0 saturated carbocycles. The van der Waals surface area contributed by atoms with Crippen molar-refractivity contribution in [1.29, 1.82) is 0 Å². The van der Waals surface area contributed by atoms with E-state index in [1.54, 1.807) is 0 Å². The normalized spacial score (nSPS) is 12.5. The molecule has 0 heterocycles. The van der Waals surface area contributed by atoms with E-state index in [0.717, 1.165) is 5.56 Å². The van der Waals surface area contributed by atoms with Crippen LogP contribution in [0.4, 0.5) is 0 Å². The molecule has 0 amide bonds. The molecule has 0 aliphatic carbocycles. The van der Waals surface area contributed by atoms with Gasteiger partial charge in [-0.25, -0.2) is 0 Å². The molecule has 0 bridgehead atoms. The summed E-state index contributed by atoms with van der Waals surface area (Å²) in [7, 11) is -2.71. The van der Waals surface area contributed by atoms with Crippen LogP contribution in [0.25, 0.3) is 0 Å². The highest BCUT2D eigenvalue weighted by Crippen LogP contribution is 2.25. The van der Waals surface area contributed by atoms with E-state index in [0.29, 0.717) is 0 Å². The van der Waals surface area contributed by atoms with E-state index in [1.165, 1.54) is 15.6 Å². The first-order valence-electron chi connectivity index (χ1n) is 9.23. The molecule has 27 heavy (non-hydrogen) atoms. The van der Waals surface area contributed by atoms with Crippen LogP contribution in [0.5, 0.6) is 0 Å². The topological polar surface area (TPSA) is 20.2 Å². The Labute approximate surface area is 161 Å². The second-order valence-corrected chi connectivity index (χ2v) is 10.6. The average Bonchev–Trinajstić information content (AvgIpc) is 2.77. The Bertz CT molecular complexity index is 873. The van der Waals surface area contributed by atoms with Crippen molar-refractivity contribution in [2.45, 2.75) is 5.73 Å². The molecule has 132 valence electrons. The number of aliphatic hydroxyl groups excluding tert-OH is 1. The zero-order valence-corrected chi connectivity index (χ0v) is 16.1. The van der Waals surface area contributed by atoms with Crippen molar-refractivity contribution in [3.63, 3.8) is 0 Å². The molecule has 4 rings (SSSR count). The molecule has 0 fully saturated rings. The Morgan fingerprint density at radius 1 is 0.444 bits per heavy atom. The maximum Gasteiger partial charge on any atom is 0.184 e. The zero-order valence-electron chi connectivity index (χ0n) is 15.1. The molecule has 4 aromatic carbocycles. The number of hydrogen-bond acceptors (Lipinski definition) is 1. The SMILES string of the molecule is O[C@H](c1ccccc1)[Si](c1ccccc1)(c1ccccc1)c1ccccc1. The van der Waals surface area contributed by atoms with Crippen LogP contribution >= 0.6 is 0 Å². The second kappa shape index (κ2) is 7.75. The van der Waals surface area contributed by atoms with Crippen LogP contribution in [0.2, 0.25) is 0 Å². The highest BCUT2D eigenvalue weighted by Gasteiger charge is 2.46. The third kappa shape index (κ3) is 3.14. The summed E-state index contributed by atoms with van der Waals surface area (Å²) >= 11 is 0. The summed E-state index contributed by atoms with van der Waals surface area (Å²) in [6.07, 6.45) is 0. The van der Waals surface area contributed by atoms with Gasteiger partial charge < -0.3 is 5.11 Å². The lowest BCUT2D eigenvalue weighted by Gasteiger charge is -2.38. The molecule has 0 radical (unpaired) electrons. The Balaban J connectivity index is 2.07. The van der Waals surface area contributed by atoms with Crippen molar-refractivity contribution in [3.8, 4) is 0 Å². The standard InChI is InChI=1S/C25H22OSi/c26-25(21-13-5-1-6-14-21)27(22-15-7-2-8-16-22,23-17-9-3-10-18-23)24-19-11-4-12-20-24/h1-20,25-26H/t25-/m0/s1. The van der Waals surface area contributed by atoms with Gasteiger partial charge in [-0.1, -0.05) is 121 Å². The number of hydrogen-bond donors (Lipinski definition) is 1. The van der Waals surface area contributed by atoms with E-state index in [1.807, 2.05) is 48.5 Å². The number of aliphatic hydroxyl groups is 1. The minimum atomic E-state index is -2.71. The van der Waals surface area contributed by atoms with Gasteiger partial charge in [0.05, 0.1) is 5.73 Å². The fourth-order valence-electron chi connectivity index (χ4n) is 3.96. The summed E-state index contributed by atoms with van der Waals surface area (Å²) in [6, 6.07) is 41.6. The third-order valence-electron chi connectivity index (χ3n) is 5.21. The monoisotopic (exact) mass is 366 g/mol. The molecule has 0 aliphatic rings. The maximum atomic E-state index is 11.9. The van der Waals surface area contributed by atoms with E-state index in [9.17, 15) is 5.11 Å². The van der Waals surface area contributed by atoms with Crippen LogP contribution in [-0.4, -0.2) is 13.2 Å². The molecule has 2 heteroatoms. The van der Waals surface area contributed by atoms with Crippen LogP contribution in [0.1, 0.15) is 11.3 Å². The van der Waals surface area contributed by atoms with Crippen LogP contribution < -0.4 is 15.6 Å². The van der Waals surface area contributed by atoms with Crippen molar-refractivity contribution in [2.75, 3.05) is 0 Å². The minimum absolute atomic E-state index is 0.592. The summed E-state index contributed by atoms with van der Waals surface area (Å²) in [5, 5.41) is 15.5. The Hall–Kier alpha value is -2.94. The second-order valence-electron chi connectivity index (χ2n) is 6.72. The van der Waals surface area contributed by atoms with Gasteiger partial charge in [0.15, 0.2) is 8.07 Å². The summed E-state index contributed by atoms with van der Waals surface area (Å²) in [6.45, 7) is 0. The van der Waals surface area contributed by atoms with Gasteiger partial charge in [-0.2, -0.15) is 0 Å². The van der Waals surface area contributed by atoms with Crippen molar-refractivity contribution < 1.29 is 5.11 Å². The van der Waals surface area contributed by atoms with Gasteiger partial charge in [0.1, 0.15) is 0 Å². The maximum absolute atomic E-state index is 11.9. The van der Waals surface area contributed by atoms with Crippen molar-refractivity contribution >= 4 is 23.6 Å². The summed E-state index contributed by atoms with van der Waals surface area (Å²) in [5.74, 6) is 0. The average molecular weight is 367 g/mol. The zero-order chi connectivity index (χ0) is 18.5. The molecule has 0 saturated heterocycles. The first-order chi connectivity index (χ1) is 13.3. The summed E-state index contributed by atoms with van der Waals surface area (Å²) in [5.41, 5.74) is 0.367. The van der Waals surface area contributed by atoms with Gasteiger partial charge in [0, 0.05) is 0 Å². The van der Waals surface area contributed by atoms with Crippen molar-refractivity contribution in [2.24, 2.45) is 0 Å². The predicted octanol–water partition coefficient (Wildman–Crippen LogP) is 3.43. The van der Waals surface area contributed by atoms with Gasteiger partial charge in [-0.05, 0) is 21.1 Å². The van der Waals surface area contributed by atoms with Crippen LogP contribution in [0.15, 0.2) is 121 Å². The highest BCUT2D eigenvalue weighted by molar-refractivity contribution is 7.12. The molecule has 0 aromatic heterocycles. The van der Waals surface area contributed by atoms with Crippen LogP contribution in [0, 0.1) is 0 Å². The van der Waals surface area contributed by atoms with Gasteiger partial charge in [0.2, 0.25) is 0 Å². The van der Waals surface area contributed by atoms with Gasteiger partial charge in [-0.3, -0.25) is 0 Å². The molecule has 0 unspecified atom stereocenters. The largest absolute Gasteiger partial charge is 0.391 e. The van der Waals surface area contributed by atoms with Crippen molar-refractivity contribution in [3.05, 3.63) is 127 Å². The summed E-state index contributed by atoms with van der Waals surface area (Å²) < 4.78 is 0. The summed E-state index contributed by atoms with van der Waals surface area (Å²) in [4.78, 5) is 0. The molecule has 0 aliphatic heterocycles. The molecule has 0 spiro atoms. The fraction of sp³-hybridized carbons (Fsp3) is 0.0400. The fourth-order valence-corrected chi connectivity index (χ4v) is 8.76. The van der Waals surface area contributed by atoms with E-state index in [4.69, 9.17) is 0 Å². The molecular weight excluding hydrogens is 344 g/mol. The molecule has 1 atom stereocenters. The van der Waals surface area contributed by atoms with Gasteiger partial charge in [-0.15, -0.1) is 0 Å². The van der Waals surface area contributed by atoms with Crippen LogP contribution in [-0.2, 0) is 0 Å². The van der Waals surface area contributed by atoms with Crippen LogP contribution in [0.3, 0.4) is 0 Å². The van der Waals surface area contributed by atoms with Gasteiger partial charge in [0.25, 0.3) is 0 Å². The van der Waals surface area contributed by atoms with E-state index >= 15 is 0 Å². The van der Waals surface area contributed by atoms with E-state index in [-0.39, 0.29) is 0 Å².